The number of rotatable bonds is 4. The molecule has 0 fully saturated rings. The summed E-state index contributed by atoms with van der Waals surface area (Å²) in [6, 6.07) is 7.30. The lowest BCUT2D eigenvalue weighted by Gasteiger charge is -2.27. The summed E-state index contributed by atoms with van der Waals surface area (Å²) in [6.07, 6.45) is 1.86. The lowest BCUT2D eigenvalue weighted by molar-refractivity contribution is 0.0687. The van der Waals surface area contributed by atoms with Crippen LogP contribution in [0.25, 0.3) is 5.69 Å². The third-order valence-electron chi connectivity index (χ3n) is 3.95. The van der Waals surface area contributed by atoms with Crippen molar-refractivity contribution in [2.75, 3.05) is 13.1 Å². The van der Waals surface area contributed by atoms with E-state index < -0.39 is 5.97 Å². The SMILES string of the molecule is CCCN1CCc2c(c(C(=O)O)nn2-c2ccc(Cl)cc2)C1. The molecule has 1 aliphatic heterocycles. The summed E-state index contributed by atoms with van der Waals surface area (Å²) in [5.41, 5.74) is 2.83. The first-order chi connectivity index (χ1) is 10.6. The van der Waals surface area contributed by atoms with E-state index in [1.807, 2.05) is 12.1 Å². The molecule has 2 aromatic rings. The highest BCUT2D eigenvalue weighted by Gasteiger charge is 2.28. The van der Waals surface area contributed by atoms with E-state index in [0.717, 1.165) is 42.9 Å². The first-order valence-corrected chi connectivity index (χ1v) is 7.80. The van der Waals surface area contributed by atoms with Crippen LogP contribution >= 0.6 is 11.6 Å². The monoisotopic (exact) mass is 319 g/mol. The van der Waals surface area contributed by atoms with Gasteiger partial charge >= 0.3 is 5.97 Å². The molecule has 0 atom stereocenters. The molecule has 1 aliphatic rings. The van der Waals surface area contributed by atoms with Gasteiger partial charge in [-0.1, -0.05) is 18.5 Å². The van der Waals surface area contributed by atoms with Crippen LogP contribution in [0.1, 0.15) is 35.1 Å². The van der Waals surface area contributed by atoms with Gasteiger partial charge in [-0.25, -0.2) is 9.48 Å². The summed E-state index contributed by atoms with van der Waals surface area (Å²) >= 11 is 5.92. The van der Waals surface area contributed by atoms with Gasteiger partial charge in [0.2, 0.25) is 0 Å². The number of carbonyl (C=O) groups is 1. The summed E-state index contributed by atoms with van der Waals surface area (Å²) in [4.78, 5) is 13.8. The van der Waals surface area contributed by atoms with Crippen LogP contribution < -0.4 is 0 Å². The second-order valence-corrected chi connectivity index (χ2v) is 5.93. The molecule has 0 saturated heterocycles. The average Bonchev–Trinajstić information content (AvgIpc) is 2.87. The number of carboxylic acid groups (broad SMARTS) is 1. The minimum absolute atomic E-state index is 0.158. The van der Waals surface area contributed by atoms with Crippen molar-refractivity contribution < 1.29 is 9.90 Å². The minimum atomic E-state index is -0.970. The van der Waals surface area contributed by atoms with Crippen molar-refractivity contribution in [2.24, 2.45) is 0 Å². The van der Waals surface area contributed by atoms with Crippen molar-refractivity contribution in [1.82, 2.24) is 14.7 Å². The summed E-state index contributed by atoms with van der Waals surface area (Å²) in [6.45, 7) is 4.69. The zero-order valence-corrected chi connectivity index (χ0v) is 13.2. The molecule has 22 heavy (non-hydrogen) atoms. The van der Waals surface area contributed by atoms with E-state index in [2.05, 4.69) is 16.9 Å². The smallest absolute Gasteiger partial charge is 0.356 e. The number of halogens is 1. The molecule has 0 unspecified atom stereocenters. The number of hydrogen-bond donors (Lipinski definition) is 1. The van der Waals surface area contributed by atoms with E-state index in [1.165, 1.54) is 0 Å². The van der Waals surface area contributed by atoms with Crippen molar-refractivity contribution in [3.8, 4) is 5.69 Å². The molecule has 0 aliphatic carbocycles. The number of aromatic nitrogens is 2. The van der Waals surface area contributed by atoms with Gasteiger partial charge in [0.25, 0.3) is 0 Å². The standard InChI is InChI=1S/C16H18ClN3O2/c1-2-8-19-9-7-14-13(10-19)15(16(21)22)18-20(14)12-5-3-11(17)4-6-12/h3-6H,2,7-10H2,1H3,(H,21,22). The van der Waals surface area contributed by atoms with E-state index >= 15 is 0 Å². The van der Waals surface area contributed by atoms with Crippen LogP contribution in [0.2, 0.25) is 5.02 Å². The van der Waals surface area contributed by atoms with Crippen LogP contribution in [0, 0.1) is 0 Å². The largest absolute Gasteiger partial charge is 0.476 e. The number of benzene rings is 1. The summed E-state index contributed by atoms with van der Waals surface area (Å²) < 4.78 is 1.75. The number of hydrogen-bond acceptors (Lipinski definition) is 3. The Hall–Kier alpha value is -1.85. The van der Waals surface area contributed by atoms with Gasteiger partial charge in [0.05, 0.1) is 11.4 Å². The van der Waals surface area contributed by atoms with Gasteiger partial charge < -0.3 is 5.11 Å². The molecule has 5 nitrogen and oxygen atoms in total. The lowest BCUT2D eigenvalue weighted by atomic mass is 10.0. The van der Waals surface area contributed by atoms with Gasteiger partial charge in [0.15, 0.2) is 5.69 Å². The number of fused-ring (bicyclic) bond motifs is 1. The fourth-order valence-corrected chi connectivity index (χ4v) is 3.08. The molecule has 3 rings (SSSR count). The summed E-state index contributed by atoms with van der Waals surface area (Å²) in [5.74, 6) is -0.970. The first kappa shape index (κ1) is 15.1. The molecule has 0 spiro atoms. The minimum Gasteiger partial charge on any atom is -0.476 e. The lowest BCUT2D eigenvalue weighted by Crippen LogP contribution is -2.32. The molecular weight excluding hydrogens is 302 g/mol. The van der Waals surface area contributed by atoms with Crippen LogP contribution in [0.5, 0.6) is 0 Å². The van der Waals surface area contributed by atoms with Crippen molar-refractivity contribution >= 4 is 17.6 Å². The first-order valence-electron chi connectivity index (χ1n) is 7.42. The van der Waals surface area contributed by atoms with Crippen LogP contribution in [0.4, 0.5) is 0 Å². The van der Waals surface area contributed by atoms with E-state index in [4.69, 9.17) is 11.6 Å². The van der Waals surface area contributed by atoms with Gasteiger partial charge in [-0.05, 0) is 37.2 Å². The molecule has 0 radical (unpaired) electrons. The van der Waals surface area contributed by atoms with Crippen LogP contribution in [-0.4, -0.2) is 38.8 Å². The quantitative estimate of drug-likeness (QED) is 0.941. The van der Waals surface area contributed by atoms with E-state index in [1.54, 1.807) is 16.8 Å². The molecular formula is C16H18ClN3O2. The zero-order valence-electron chi connectivity index (χ0n) is 12.4. The normalized spacial score (nSPS) is 14.8. The Morgan fingerprint density at radius 2 is 2.09 bits per heavy atom. The number of aromatic carboxylic acids is 1. The number of carboxylic acids is 1. The molecule has 6 heteroatoms. The second-order valence-electron chi connectivity index (χ2n) is 5.49. The Labute approximate surface area is 134 Å². The Bertz CT molecular complexity index is 694. The molecule has 116 valence electrons. The maximum Gasteiger partial charge on any atom is 0.356 e. The van der Waals surface area contributed by atoms with Crippen LogP contribution in [0.3, 0.4) is 0 Å². The maximum atomic E-state index is 11.5. The van der Waals surface area contributed by atoms with E-state index in [0.29, 0.717) is 11.6 Å². The highest BCUT2D eigenvalue weighted by atomic mass is 35.5. The maximum absolute atomic E-state index is 11.5. The van der Waals surface area contributed by atoms with E-state index in [9.17, 15) is 9.90 Å². The van der Waals surface area contributed by atoms with Gasteiger partial charge in [-0.3, -0.25) is 4.90 Å². The average molecular weight is 320 g/mol. The van der Waals surface area contributed by atoms with Crippen molar-refractivity contribution in [2.45, 2.75) is 26.3 Å². The fraction of sp³-hybridized carbons (Fsp3) is 0.375. The second kappa shape index (κ2) is 6.10. The predicted molar refractivity (Wildman–Crippen MR) is 84.8 cm³/mol. The van der Waals surface area contributed by atoms with Gasteiger partial charge in [-0.2, -0.15) is 5.10 Å². The molecule has 2 heterocycles. The van der Waals surface area contributed by atoms with Gasteiger partial charge in [0, 0.05) is 30.1 Å². The Kier molecular flexibility index (Phi) is 4.18. The highest BCUT2D eigenvalue weighted by molar-refractivity contribution is 6.30. The summed E-state index contributed by atoms with van der Waals surface area (Å²) in [7, 11) is 0. The highest BCUT2D eigenvalue weighted by Crippen LogP contribution is 2.26. The topological polar surface area (TPSA) is 58.4 Å². The Morgan fingerprint density at radius 1 is 1.36 bits per heavy atom. The summed E-state index contributed by atoms with van der Waals surface area (Å²) in [5, 5.41) is 14.4. The molecule has 0 amide bonds. The Morgan fingerprint density at radius 3 is 2.73 bits per heavy atom. The molecule has 1 aromatic heterocycles. The molecule has 0 bridgehead atoms. The molecule has 1 N–H and O–H groups in total. The number of nitrogens with zero attached hydrogens (tertiary/aromatic N) is 3. The Balaban J connectivity index is 2.05. The fourth-order valence-electron chi connectivity index (χ4n) is 2.95. The van der Waals surface area contributed by atoms with Crippen molar-refractivity contribution in [3.05, 3.63) is 46.2 Å². The zero-order chi connectivity index (χ0) is 15.7. The van der Waals surface area contributed by atoms with Crippen molar-refractivity contribution in [3.63, 3.8) is 0 Å². The molecule has 0 saturated carbocycles. The van der Waals surface area contributed by atoms with Gasteiger partial charge in [0.1, 0.15) is 0 Å². The van der Waals surface area contributed by atoms with Crippen LogP contribution in [-0.2, 0) is 13.0 Å². The van der Waals surface area contributed by atoms with Gasteiger partial charge in [-0.15, -0.1) is 0 Å². The van der Waals surface area contributed by atoms with E-state index in [-0.39, 0.29) is 5.69 Å². The van der Waals surface area contributed by atoms with Crippen molar-refractivity contribution in [1.29, 1.82) is 0 Å². The molecule has 1 aromatic carbocycles. The van der Waals surface area contributed by atoms with Crippen LogP contribution in [0.15, 0.2) is 24.3 Å². The predicted octanol–water partition coefficient (Wildman–Crippen LogP) is 2.99. The third kappa shape index (κ3) is 2.74. The third-order valence-corrected chi connectivity index (χ3v) is 4.20.